The van der Waals surface area contributed by atoms with Crippen LogP contribution >= 0.6 is 0 Å². The fourth-order valence-corrected chi connectivity index (χ4v) is 2.33. The van der Waals surface area contributed by atoms with E-state index < -0.39 is 0 Å². The minimum absolute atomic E-state index is 0.156. The van der Waals surface area contributed by atoms with E-state index in [0.717, 1.165) is 22.3 Å². The smallest absolute Gasteiger partial charge is 0.135 e. The van der Waals surface area contributed by atoms with Crippen LogP contribution in [0.1, 0.15) is 26.3 Å². The van der Waals surface area contributed by atoms with E-state index in [4.69, 9.17) is 4.74 Å². The summed E-state index contributed by atoms with van der Waals surface area (Å²) in [5.74, 6) is 1.71. The SMILES string of the molecule is CC(C)(C)c1ccc(Oc2cccc3cnccc23)cc1. The predicted molar refractivity (Wildman–Crippen MR) is 87.0 cm³/mol. The van der Waals surface area contributed by atoms with Gasteiger partial charge < -0.3 is 4.74 Å². The number of hydrogen-bond donors (Lipinski definition) is 0. The molecule has 2 nitrogen and oxygen atoms in total. The molecule has 0 atom stereocenters. The number of pyridine rings is 1. The Morgan fingerprint density at radius 1 is 0.905 bits per heavy atom. The van der Waals surface area contributed by atoms with Crippen LogP contribution in [0.3, 0.4) is 0 Å². The first kappa shape index (κ1) is 13.6. The van der Waals surface area contributed by atoms with Crippen LogP contribution in [0.15, 0.2) is 60.9 Å². The van der Waals surface area contributed by atoms with Crippen LogP contribution in [0.4, 0.5) is 0 Å². The van der Waals surface area contributed by atoms with Crippen LogP contribution < -0.4 is 4.74 Å². The number of ether oxygens (including phenoxy) is 1. The third-order valence-corrected chi connectivity index (χ3v) is 3.59. The zero-order valence-corrected chi connectivity index (χ0v) is 12.6. The normalized spacial score (nSPS) is 11.6. The average Bonchev–Trinajstić information content (AvgIpc) is 2.47. The van der Waals surface area contributed by atoms with Crippen LogP contribution in [-0.4, -0.2) is 4.98 Å². The van der Waals surface area contributed by atoms with Crippen molar-refractivity contribution >= 4 is 10.8 Å². The van der Waals surface area contributed by atoms with Gasteiger partial charge in [0.05, 0.1) is 0 Å². The molecular weight excluding hydrogens is 258 g/mol. The summed E-state index contributed by atoms with van der Waals surface area (Å²) in [7, 11) is 0. The predicted octanol–water partition coefficient (Wildman–Crippen LogP) is 5.32. The molecule has 0 saturated heterocycles. The maximum Gasteiger partial charge on any atom is 0.135 e. The number of aromatic nitrogens is 1. The van der Waals surface area contributed by atoms with Crippen molar-refractivity contribution in [2.45, 2.75) is 26.2 Å². The summed E-state index contributed by atoms with van der Waals surface area (Å²) in [4.78, 5) is 4.14. The Bertz CT molecular complexity index is 749. The fourth-order valence-electron chi connectivity index (χ4n) is 2.33. The molecule has 0 unspecified atom stereocenters. The van der Waals surface area contributed by atoms with Crippen LogP contribution in [0.25, 0.3) is 10.8 Å². The number of nitrogens with zero attached hydrogens (tertiary/aromatic N) is 1. The first-order chi connectivity index (χ1) is 10.0. The highest BCUT2D eigenvalue weighted by atomic mass is 16.5. The Hall–Kier alpha value is -2.35. The molecule has 0 amide bonds. The van der Waals surface area contributed by atoms with Crippen molar-refractivity contribution in [3.8, 4) is 11.5 Å². The summed E-state index contributed by atoms with van der Waals surface area (Å²) < 4.78 is 6.03. The highest BCUT2D eigenvalue weighted by molar-refractivity contribution is 5.87. The van der Waals surface area contributed by atoms with Gasteiger partial charge in [0.2, 0.25) is 0 Å². The van der Waals surface area contributed by atoms with Gasteiger partial charge in [-0.25, -0.2) is 0 Å². The van der Waals surface area contributed by atoms with Gasteiger partial charge in [0.25, 0.3) is 0 Å². The molecule has 0 spiro atoms. The number of benzene rings is 2. The van der Waals surface area contributed by atoms with Gasteiger partial charge in [0.1, 0.15) is 11.5 Å². The van der Waals surface area contributed by atoms with Gasteiger partial charge in [-0.2, -0.15) is 0 Å². The molecule has 106 valence electrons. The van der Waals surface area contributed by atoms with Gasteiger partial charge >= 0.3 is 0 Å². The lowest BCUT2D eigenvalue weighted by Crippen LogP contribution is -2.10. The van der Waals surface area contributed by atoms with Crippen molar-refractivity contribution in [2.24, 2.45) is 0 Å². The van der Waals surface area contributed by atoms with E-state index in [9.17, 15) is 0 Å². The monoisotopic (exact) mass is 277 g/mol. The fraction of sp³-hybridized carbons (Fsp3) is 0.211. The summed E-state index contributed by atoms with van der Waals surface area (Å²) >= 11 is 0. The minimum Gasteiger partial charge on any atom is -0.457 e. The maximum atomic E-state index is 6.03. The summed E-state index contributed by atoms with van der Waals surface area (Å²) in [6, 6.07) is 16.3. The molecular formula is C19H19NO. The largest absolute Gasteiger partial charge is 0.457 e. The van der Waals surface area contributed by atoms with Gasteiger partial charge in [-0.15, -0.1) is 0 Å². The number of fused-ring (bicyclic) bond motifs is 1. The van der Waals surface area contributed by atoms with Gasteiger partial charge in [0.15, 0.2) is 0 Å². The van der Waals surface area contributed by atoms with Crippen LogP contribution in [0.5, 0.6) is 11.5 Å². The molecule has 0 saturated carbocycles. The van der Waals surface area contributed by atoms with Gasteiger partial charge in [-0.3, -0.25) is 4.98 Å². The maximum absolute atomic E-state index is 6.03. The summed E-state index contributed by atoms with van der Waals surface area (Å²) in [5.41, 5.74) is 1.46. The molecule has 0 aliphatic heterocycles. The lowest BCUT2D eigenvalue weighted by Gasteiger charge is -2.19. The Balaban J connectivity index is 1.92. The van der Waals surface area contributed by atoms with E-state index in [1.807, 2.05) is 42.6 Å². The van der Waals surface area contributed by atoms with Gasteiger partial charge in [-0.05, 0) is 35.2 Å². The molecule has 3 aromatic rings. The molecule has 0 aliphatic rings. The summed E-state index contributed by atoms with van der Waals surface area (Å²) in [6.45, 7) is 6.63. The van der Waals surface area contributed by atoms with Crippen molar-refractivity contribution in [2.75, 3.05) is 0 Å². The quantitative estimate of drug-likeness (QED) is 0.632. The molecule has 0 N–H and O–H groups in total. The van der Waals surface area contributed by atoms with Crippen molar-refractivity contribution in [1.29, 1.82) is 0 Å². The summed E-state index contributed by atoms with van der Waals surface area (Å²) in [6.07, 6.45) is 3.64. The van der Waals surface area contributed by atoms with E-state index in [0.29, 0.717) is 0 Å². The van der Waals surface area contributed by atoms with Crippen molar-refractivity contribution in [1.82, 2.24) is 4.98 Å². The number of hydrogen-bond acceptors (Lipinski definition) is 2. The van der Waals surface area contributed by atoms with E-state index in [-0.39, 0.29) is 5.41 Å². The van der Waals surface area contributed by atoms with Crippen LogP contribution in [0, 0.1) is 0 Å². The first-order valence-electron chi connectivity index (χ1n) is 7.15. The van der Waals surface area contributed by atoms with Crippen LogP contribution in [-0.2, 0) is 5.41 Å². The topological polar surface area (TPSA) is 22.1 Å². The Morgan fingerprint density at radius 2 is 1.67 bits per heavy atom. The van der Waals surface area contributed by atoms with Gasteiger partial charge in [-0.1, -0.05) is 45.0 Å². The summed E-state index contributed by atoms with van der Waals surface area (Å²) in [5, 5.41) is 2.16. The third-order valence-electron chi connectivity index (χ3n) is 3.59. The van der Waals surface area contributed by atoms with Crippen LogP contribution in [0.2, 0.25) is 0 Å². The molecule has 2 aromatic carbocycles. The second-order valence-electron chi connectivity index (χ2n) is 6.23. The molecule has 21 heavy (non-hydrogen) atoms. The second kappa shape index (κ2) is 5.21. The highest BCUT2D eigenvalue weighted by Crippen LogP contribution is 2.30. The van der Waals surface area contributed by atoms with E-state index in [1.165, 1.54) is 5.56 Å². The molecule has 0 aliphatic carbocycles. The molecule has 0 bridgehead atoms. The Morgan fingerprint density at radius 3 is 2.38 bits per heavy atom. The molecule has 2 heteroatoms. The highest BCUT2D eigenvalue weighted by Gasteiger charge is 2.13. The molecule has 3 rings (SSSR count). The second-order valence-corrected chi connectivity index (χ2v) is 6.23. The lowest BCUT2D eigenvalue weighted by molar-refractivity contribution is 0.487. The lowest BCUT2D eigenvalue weighted by atomic mass is 9.87. The van der Waals surface area contributed by atoms with Crippen molar-refractivity contribution < 1.29 is 4.74 Å². The Labute approximate surface area is 125 Å². The molecule has 0 fully saturated rings. The third kappa shape index (κ3) is 2.89. The first-order valence-corrected chi connectivity index (χ1v) is 7.15. The zero-order chi connectivity index (χ0) is 14.9. The molecule has 1 heterocycles. The zero-order valence-electron chi connectivity index (χ0n) is 12.6. The minimum atomic E-state index is 0.156. The molecule has 0 radical (unpaired) electrons. The standard InChI is InChI=1S/C19H19NO/c1-19(2,3)15-7-9-16(10-8-15)21-18-6-4-5-14-13-20-12-11-17(14)18/h4-13H,1-3H3. The Kier molecular flexibility index (Phi) is 3.38. The van der Waals surface area contributed by atoms with E-state index >= 15 is 0 Å². The van der Waals surface area contributed by atoms with E-state index in [2.05, 4.69) is 37.9 Å². The van der Waals surface area contributed by atoms with Gasteiger partial charge in [0, 0.05) is 23.2 Å². The molecule has 1 aromatic heterocycles. The van der Waals surface area contributed by atoms with Crippen molar-refractivity contribution in [3.05, 3.63) is 66.5 Å². The average molecular weight is 277 g/mol. The van der Waals surface area contributed by atoms with Crippen molar-refractivity contribution in [3.63, 3.8) is 0 Å². The van der Waals surface area contributed by atoms with E-state index in [1.54, 1.807) is 6.20 Å². The number of rotatable bonds is 2.